The van der Waals surface area contributed by atoms with E-state index in [1.807, 2.05) is 29.0 Å². The molecule has 0 saturated heterocycles. The largest absolute Gasteiger partial charge is 0.417 e. The minimum atomic E-state index is 0.822. The average Bonchev–Trinajstić information content (AvgIpc) is 2.55. The normalized spacial score (nSPS) is 10.4. The van der Waals surface area contributed by atoms with Crippen LogP contribution in [-0.4, -0.2) is 11.8 Å². The SMILES string of the molecule is C=CCc1cc2ccccc2n1OC. The molecular weight excluding hydrogens is 174 g/mol. The van der Waals surface area contributed by atoms with Crippen molar-refractivity contribution < 1.29 is 4.84 Å². The van der Waals surface area contributed by atoms with Crippen molar-refractivity contribution in [1.82, 2.24) is 4.73 Å². The number of benzene rings is 1. The molecule has 0 aliphatic carbocycles. The fourth-order valence-corrected chi connectivity index (χ4v) is 1.69. The monoisotopic (exact) mass is 187 g/mol. The summed E-state index contributed by atoms with van der Waals surface area (Å²) < 4.78 is 1.84. The van der Waals surface area contributed by atoms with Gasteiger partial charge in [-0.1, -0.05) is 24.3 Å². The van der Waals surface area contributed by atoms with Gasteiger partial charge in [-0.25, -0.2) is 0 Å². The Hall–Kier alpha value is -1.70. The minimum absolute atomic E-state index is 0.822. The number of hydrogen-bond donors (Lipinski definition) is 0. The minimum Gasteiger partial charge on any atom is -0.417 e. The predicted molar refractivity (Wildman–Crippen MR) is 58.3 cm³/mol. The topological polar surface area (TPSA) is 14.2 Å². The van der Waals surface area contributed by atoms with E-state index in [4.69, 9.17) is 4.84 Å². The van der Waals surface area contributed by atoms with Crippen molar-refractivity contribution >= 4 is 10.9 Å². The number of hydrogen-bond acceptors (Lipinski definition) is 1. The highest BCUT2D eigenvalue weighted by Gasteiger charge is 2.06. The van der Waals surface area contributed by atoms with E-state index in [1.54, 1.807) is 7.11 Å². The molecule has 0 fully saturated rings. The zero-order chi connectivity index (χ0) is 9.97. The van der Waals surface area contributed by atoms with Gasteiger partial charge in [-0.2, -0.15) is 4.73 Å². The standard InChI is InChI=1S/C12H13NO/c1-3-6-11-9-10-7-4-5-8-12(10)13(11)14-2/h3-5,7-9H,1,6H2,2H3. The van der Waals surface area contributed by atoms with E-state index in [2.05, 4.69) is 18.7 Å². The molecular formula is C12H13NO. The Kier molecular flexibility index (Phi) is 2.27. The van der Waals surface area contributed by atoms with Gasteiger partial charge in [0.1, 0.15) is 7.11 Å². The van der Waals surface area contributed by atoms with E-state index < -0.39 is 0 Å². The number of fused-ring (bicyclic) bond motifs is 1. The van der Waals surface area contributed by atoms with Gasteiger partial charge in [-0.05, 0) is 12.1 Å². The van der Waals surface area contributed by atoms with Crippen LogP contribution in [0.1, 0.15) is 5.69 Å². The Labute approximate surface area is 83.4 Å². The molecule has 0 amide bonds. The Bertz CT molecular complexity index is 456. The fourth-order valence-electron chi connectivity index (χ4n) is 1.69. The lowest BCUT2D eigenvalue weighted by Crippen LogP contribution is -2.08. The fraction of sp³-hybridized carbons (Fsp3) is 0.167. The third-order valence-electron chi connectivity index (χ3n) is 2.27. The van der Waals surface area contributed by atoms with Crippen molar-refractivity contribution in [1.29, 1.82) is 0 Å². The third kappa shape index (κ3) is 1.29. The Balaban J connectivity index is 2.65. The van der Waals surface area contributed by atoms with Crippen LogP contribution in [0.4, 0.5) is 0 Å². The maximum Gasteiger partial charge on any atom is 0.104 e. The molecule has 0 radical (unpaired) electrons. The molecule has 0 unspecified atom stereocenters. The van der Waals surface area contributed by atoms with Crippen LogP contribution in [0.25, 0.3) is 10.9 Å². The van der Waals surface area contributed by atoms with Crippen LogP contribution in [0.3, 0.4) is 0 Å². The van der Waals surface area contributed by atoms with Gasteiger partial charge in [0.05, 0.1) is 11.2 Å². The highest BCUT2D eigenvalue weighted by atomic mass is 16.6. The van der Waals surface area contributed by atoms with E-state index in [1.165, 1.54) is 5.39 Å². The van der Waals surface area contributed by atoms with Gasteiger partial charge in [-0.3, -0.25) is 0 Å². The van der Waals surface area contributed by atoms with Crippen LogP contribution < -0.4 is 4.84 Å². The summed E-state index contributed by atoms with van der Waals surface area (Å²) in [6.07, 6.45) is 2.70. The van der Waals surface area contributed by atoms with Crippen molar-refractivity contribution in [3.63, 3.8) is 0 Å². The van der Waals surface area contributed by atoms with E-state index in [-0.39, 0.29) is 0 Å². The molecule has 0 spiro atoms. The number of nitrogens with zero attached hydrogens (tertiary/aromatic N) is 1. The van der Waals surface area contributed by atoms with Gasteiger partial charge in [-0.15, -0.1) is 6.58 Å². The van der Waals surface area contributed by atoms with Gasteiger partial charge >= 0.3 is 0 Å². The second kappa shape index (κ2) is 3.58. The van der Waals surface area contributed by atoms with Crippen molar-refractivity contribution in [3.05, 3.63) is 48.7 Å². The smallest absolute Gasteiger partial charge is 0.104 e. The summed E-state index contributed by atoms with van der Waals surface area (Å²) >= 11 is 0. The molecule has 0 atom stereocenters. The zero-order valence-electron chi connectivity index (χ0n) is 8.23. The first-order valence-electron chi connectivity index (χ1n) is 4.61. The van der Waals surface area contributed by atoms with E-state index in [0.29, 0.717) is 0 Å². The second-order valence-electron chi connectivity index (χ2n) is 3.16. The van der Waals surface area contributed by atoms with Crippen molar-refractivity contribution in [2.75, 3.05) is 7.11 Å². The summed E-state index contributed by atoms with van der Waals surface area (Å²) in [6.45, 7) is 3.73. The Morgan fingerprint density at radius 1 is 1.43 bits per heavy atom. The van der Waals surface area contributed by atoms with Gasteiger partial charge in [0.2, 0.25) is 0 Å². The number of para-hydroxylation sites is 1. The molecule has 0 N–H and O–H groups in total. The highest BCUT2D eigenvalue weighted by Crippen LogP contribution is 2.18. The molecule has 0 aliphatic rings. The molecule has 1 aromatic heterocycles. The van der Waals surface area contributed by atoms with Crippen LogP contribution in [0.5, 0.6) is 0 Å². The molecule has 2 aromatic rings. The molecule has 14 heavy (non-hydrogen) atoms. The predicted octanol–water partition coefficient (Wildman–Crippen LogP) is 2.43. The molecule has 2 nitrogen and oxygen atoms in total. The van der Waals surface area contributed by atoms with Gasteiger partial charge < -0.3 is 4.84 Å². The third-order valence-corrected chi connectivity index (χ3v) is 2.27. The molecule has 72 valence electrons. The summed E-state index contributed by atoms with van der Waals surface area (Å²) in [6, 6.07) is 10.3. The first-order valence-corrected chi connectivity index (χ1v) is 4.61. The summed E-state index contributed by atoms with van der Waals surface area (Å²) in [7, 11) is 1.68. The van der Waals surface area contributed by atoms with Crippen LogP contribution in [0, 0.1) is 0 Å². The van der Waals surface area contributed by atoms with Crippen LogP contribution in [0.2, 0.25) is 0 Å². The number of aromatic nitrogens is 1. The highest BCUT2D eigenvalue weighted by molar-refractivity contribution is 5.80. The maximum atomic E-state index is 5.32. The van der Waals surface area contributed by atoms with Gasteiger partial charge in [0.25, 0.3) is 0 Å². The van der Waals surface area contributed by atoms with Crippen LogP contribution in [0.15, 0.2) is 43.0 Å². The Morgan fingerprint density at radius 3 is 2.93 bits per heavy atom. The number of allylic oxidation sites excluding steroid dienone is 1. The van der Waals surface area contributed by atoms with Crippen molar-refractivity contribution in [2.24, 2.45) is 0 Å². The summed E-state index contributed by atoms with van der Waals surface area (Å²) in [4.78, 5) is 5.32. The first kappa shape index (κ1) is 8.88. The zero-order valence-corrected chi connectivity index (χ0v) is 8.23. The van der Waals surface area contributed by atoms with Crippen LogP contribution >= 0.6 is 0 Å². The van der Waals surface area contributed by atoms with Gasteiger partial charge in [0.15, 0.2) is 0 Å². The van der Waals surface area contributed by atoms with Crippen molar-refractivity contribution in [2.45, 2.75) is 6.42 Å². The van der Waals surface area contributed by atoms with Gasteiger partial charge in [0, 0.05) is 11.8 Å². The quantitative estimate of drug-likeness (QED) is 0.673. The van der Waals surface area contributed by atoms with E-state index >= 15 is 0 Å². The van der Waals surface area contributed by atoms with E-state index in [0.717, 1.165) is 17.6 Å². The lowest BCUT2D eigenvalue weighted by Gasteiger charge is -2.06. The molecule has 1 aromatic carbocycles. The lowest BCUT2D eigenvalue weighted by atomic mass is 10.2. The lowest BCUT2D eigenvalue weighted by molar-refractivity contribution is 0.172. The maximum absolute atomic E-state index is 5.32. The summed E-state index contributed by atoms with van der Waals surface area (Å²) in [5, 5.41) is 1.20. The molecule has 0 bridgehead atoms. The first-order chi connectivity index (χ1) is 6.86. The molecule has 0 saturated carbocycles. The molecule has 0 aliphatic heterocycles. The average molecular weight is 187 g/mol. The second-order valence-corrected chi connectivity index (χ2v) is 3.16. The van der Waals surface area contributed by atoms with E-state index in [9.17, 15) is 0 Å². The van der Waals surface area contributed by atoms with Crippen LogP contribution in [-0.2, 0) is 6.42 Å². The Morgan fingerprint density at radius 2 is 2.21 bits per heavy atom. The summed E-state index contributed by atoms with van der Waals surface area (Å²) in [5.74, 6) is 0. The van der Waals surface area contributed by atoms with Crippen molar-refractivity contribution in [3.8, 4) is 0 Å². The number of rotatable bonds is 3. The molecule has 1 heterocycles. The summed E-state index contributed by atoms with van der Waals surface area (Å²) in [5.41, 5.74) is 2.23. The molecule has 2 rings (SSSR count). The molecule has 2 heteroatoms.